The lowest BCUT2D eigenvalue weighted by atomic mass is 9.95. The fourth-order valence-corrected chi connectivity index (χ4v) is 0.920. The summed E-state index contributed by atoms with van der Waals surface area (Å²) in [6.07, 6.45) is 0.825. The van der Waals surface area contributed by atoms with Crippen LogP contribution in [-0.4, -0.2) is 33.7 Å². The maximum absolute atomic E-state index is 10.6. The van der Waals surface area contributed by atoms with Crippen molar-refractivity contribution >= 4 is 11.9 Å². The lowest BCUT2D eigenvalue weighted by Crippen LogP contribution is -2.45. The molecule has 6 heteroatoms. The van der Waals surface area contributed by atoms with Gasteiger partial charge in [-0.15, -0.1) is 0 Å². The fourth-order valence-electron chi connectivity index (χ4n) is 0.920. The van der Waals surface area contributed by atoms with Gasteiger partial charge in [0.05, 0.1) is 0 Å². The molecule has 0 fully saturated rings. The summed E-state index contributed by atoms with van der Waals surface area (Å²) in [5.74, 6) is -2.18. The first kappa shape index (κ1) is 12.9. The van der Waals surface area contributed by atoms with E-state index in [4.69, 9.17) is 21.7 Å². The van der Waals surface area contributed by atoms with Crippen molar-refractivity contribution in [2.45, 2.75) is 37.8 Å². The van der Waals surface area contributed by atoms with Crippen molar-refractivity contribution in [2.24, 2.45) is 11.5 Å². The van der Waals surface area contributed by atoms with Gasteiger partial charge in [-0.25, -0.2) is 0 Å². The molecule has 0 radical (unpaired) electrons. The van der Waals surface area contributed by atoms with Crippen molar-refractivity contribution < 1.29 is 19.8 Å². The van der Waals surface area contributed by atoms with Gasteiger partial charge in [-0.05, 0) is 26.2 Å². The van der Waals surface area contributed by atoms with Gasteiger partial charge in [-0.1, -0.05) is 0 Å². The average Bonchev–Trinajstić information content (AvgIpc) is 2.03. The van der Waals surface area contributed by atoms with E-state index in [1.807, 2.05) is 0 Å². The highest BCUT2D eigenvalue weighted by Gasteiger charge is 2.27. The first-order valence-corrected chi connectivity index (χ1v) is 4.28. The molecule has 0 amide bonds. The van der Waals surface area contributed by atoms with Crippen LogP contribution >= 0.6 is 0 Å². The Labute approximate surface area is 81.9 Å². The zero-order valence-corrected chi connectivity index (χ0v) is 8.06. The number of hydrogen-bond acceptors (Lipinski definition) is 4. The predicted octanol–water partition coefficient (Wildman–Crippen LogP) is -0.629. The van der Waals surface area contributed by atoms with E-state index in [2.05, 4.69) is 0 Å². The van der Waals surface area contributed by atoms with Crippen molar-refractivity contribution in [3.05, 3.63) is 0 Å². The molecule has 0 aliphatic rings. The highest BCUT2D eigenvalue weighted by atomic mass is 16.4. The van der Waals surface area contributed by atoms with Gasteiger partial charge in [0.2, 0.25) is 0 Å². The maximum atomic E-state index is 10.6. The summed E-state index contributed by atoms with van der Waals surface area (Å²) in [5, 5.41) is 17.1. The third-order valence-electron chi connectivity index (χ3n) is 2.02. The molecular weight excluding hydrogens is 188 g/mol. The van der Waals surface area contributed by atoms with E-state index in [-0.39, 0.29) is 12.8 Å². The number of carboxylic acids is 2. The molecule has 82 valence electrons. The third kappa shape index (κ3) is 4.20. The second-order valence-corrected chi connectivity index (χ2v) is 3.56. The van der Waals surface area contributed by atoms with Crippen LogP contribution in [0.3, 0.4) is 0 Å². The van der Waals surface area contributed by atoms with Crippen LogP contribution in [-0.2, 0) is 9.59 Å². The largest absolute Gasteiger partial charge is 0.480 e. The highest BCUT2D eigenvalue weighted by Crippen LogP contribution is 2.11. The molecule has 2 atom stereocenters. The normalized spacial score (nSPS) is 17.1. The van der Waals surface area contributed by atoms with Crippen LogP contribution in [0, 0.1) is 0 Å². The van der Waals surface area contributed by atoms with E-state index < -0.39 is 23.5 Å². The van der Waals surface area contributed by atoms with Crippen LogP contribution in [0.2, 0.25) is 0 Å². The molecule has 6 N–H and O–H groups in total. The van der Waals surface area contributed by atoms with Crippen molar-refractivity contribution in [3.8, 4) is 0 Å². The Bertz CT molecular complexity index is 227. The quantitative estimate of drug-likeness (QED) is 0.456. The molecule has 0 aliphatic carbocycles. The molecule has 0 saturated carbocycles. The van der Waals surface area contributed by atoms with Crippen LogP contribution in [0.5, 0.6) is 0 Å². The zero-order valence-electron chi connectivity index (χ0n) is 8.06. The molecule has 0 aromatic carbocycles. The molecule has 0 saturated heterocycles. The van der Waals surface area contributed by atoms with Crippen molar-refractivity contribution in [1.29, 1.82) is 0 Å². The number of rotatable bonds is 6. The summed E-state index contributed by atoms with van der Waals surface area (Å²) in [6, 6.07) is -0.945. The molecule has 0 aromatic heterocycles. The molecule has 0 aromatic rings. The molecule has 0 aliphatic heterocycles. The Morgan fingerprint density at radius 2 is 1.93 bits per heavy atom. The summed E-state index contributed by atoms with van der Waals surface area (Å²) >= 11 is 0. The first-order chi connectivity index (χ1) is 6.27. The number of nitrogens with two attached hydrogens (primary N) is 2. The molecular formula is C8H16N2O4. The molecule has 0 unspecified atom stereocenters. The van der Waals surface area contributed by atoms with Crippen molar-refractivity contribution in [3.63, 3.8) is 0 Å². The van der Waals surface area contributed by atoms with Gasteiger partial charge >= 0.3 is 11.9 Å². The second kappa shape index (κ2) is 4.92. The molecule has 0 spiro atoms. The Kier molecular flexibility index (Phi) is 4.52. The van der Waals surface area contributed by atoms with Gasteiger partial charge in [0.25, 0.3) is 0 Å². The van der Waals surface area contributed by atoms with E-state index >= 15 is 0 Å². The minimum absolute atomic E-state index is 0.212. The van der Waals surface area contributed by atoms with Gasteiger partial charge in [0.1, 0.15) is 11.6 Å². The van der Waals surface area contributed by atoms with Gasteiger partial charge in [-0.3, -0.25) is 9.59 Å². The van der Waals surface area contributed by atoms with E-state index in [9.17, 15) is 9.59 Å². The van der Waals surface area contributed by atoms with Crippen LogP contribution in [0.25, 0.3) is 0 Å². The molecule has 0 heterocycles. The van der Waals surface area contributed by atoms with Crippen LogP contribution in [0.4, 0.5) is 0 Å². The Morgan fingerprint density at radius 1 is 1.43 bits per heavy atom. The Morgan fingerprint density at radius 3 is 2.29 bits per heavy atom. The maximum Gasteiger partial charge on any atom is 0.323 e. The fraction of sp³-hybridized carbons (Fsp3) is 0.750. The Hall–Kier alpha value is -1.14. The topological polar surface area (TPSA) is 127 Å². The van der Waals surface area contributed by atoms with E-state index in [0.717, 1.165) is 0 Å². The molecule has 14 heavy (non-hydrogen) atoms. The highest BCUT2D eigenvalue weighted by molar-refractivity contribution is 5.77. The number of carbonyl (C=O) groups is 2. The van der Waals surface area contributed by atoms with Crippen LogP contribution < -0.4 is 11.5 Å². The van der Waals surface area contributed by atoms with Gasteiger partial charge in [-0.2, -0.15) is 0 Å². The smallest absolute Gasteiger partial charge is 0.323 e. The zero-order chi connectivity index (χ0) is 11.4. The van der Waals surface area contributed by atoms with Gasteiger partial charge in [0, 0.05) is 0 Å². The lowest BCUT2D eigenvalue weighted by Gasteiger charge is -2.19. The molecule has 6 nitrogen and oxygen atoms in total. The van der Waals surface area contributed by atoms with E-state index in [0.29, 0.717) is 6.42 Å². The average molecular weight is 204 g/mol. The summed E-state index contributed by atoms with van der Waals surface area (Å²) in [6.45, 7) is 1.39. The summed E-state index contributed by atoms with van der Waals surface area (Å²) < 4.78 is 0. The number of aliphatic carboxylic acids is 2. The SMILES string of the molecule is C[C@@](N)(CCC[C@@H](N)C(=O)O)C(=O)O. The van der Waals surface area contributed by atoms with Gasteiger partial charge in [0.15, 0.2) is 0 Å². The van der Waals surface area contributed by atoms with Crippen LogP contribution in [0.1, 0.15) is 26.2 Å². The van der Waals surface area contributed by atoms with E-state index in [1.165, 1.54) is 6.92 Å². The minimum Gasteiger partial charge on any atom is -0.480 e. The van der Waals surface area contributed by atoms with Crippen LogP contribution in [0.15, 0.2) is 0 Å². The predicted molar refractivity (Wildman–Crippen MR) is 49.7 cm³/mol. The summed E-state index contributed by atoms with van der Waals surface area (Å²) in [7, 11) is 0. The monoisotopic (exact) mass is 204 g/mol. The lowest BCUT2D eigenvalue weighted by molar-refractivity contribution is -0.142. The summed E-state index contributed by atoms with van der Waals surface area (Å²) in [4.78, 5) is 20.9. The number of hydrogen-bond donors (Lipinski definition) is 4. The summed E-state index contributed by atoms with van der Waals surface area (Å²) in [5.41, 5.74) is 9.36. The van der Waals surface area contributed by atoms with Crippen molar-refractivity contribution in [2.75, 3.05) is 0 Å². The second-order valence-electron chi connectivity index (χ2n) is 3.56. The number of carboxylic acid groups (broad SMARTS) is 2. The third-order valence-corrected chi connectivity index (χ3v) is 2.02. The Balaban J connectivity index is 3.85. The molecule has 0 rings (SSSR count). The standard InChI is InChI=1S/C8H16N2O4/c1-8(10,7(13)14)4-2-3-5(9)6(11)12/h5H,2-4,9-10H2,1H3,(H,11,12)(H,13,14)/t5-,8-/m1/s1. The minimum atomic E-state index is -1.31. The molecule has 0 bridgehead atoms. The first-order valence-electron chi connectivity index (χ1n) is 4.28. The van der Waals surface area contributed by atoms with Crippen molar-refractivity contribution in [1.82, 2.24) is 0 Å². The van der Waals surface area contributed by atoms with E-state index in [1.54, 1.807) is 0 Å². The van der Waals surface area contributed by atoms with Gasteiger partial charge < -0.3 is 21.7 Å².